The van der Waals surface area contributed by atoms with E-state index in [0.717, 1.165) is 4.88 Å². The first-order valence-corrected chi connectivity index (χ1v) is 7.05. The summed E-state index contributed by atoms with van der Waals surface area (Å²) in [6.07, 6.45) is 0.555. The number of benzene rings is 1. The van der Waals surface area contributed by atoms with Gasteiger partial charge in [-0.3, -0.25) is 4.79 Å². The van der Waals surface area contributed by atoms with Gasteiger partial charge in [0.05, 0.1) is 13.0 Å². The molecule has 0 saturated carbocycles. The van der Waals surface area contributed by atoms with Crippen molar-refractivity contribution in [1.29, 1.82) is 0 Å². The summed E-state index contributed by atoms with van der Waals surface area (Å²) in [5, 5.41) is 1.96. The number of halogens is 1. The molecule has 20 heavy (non-hydrogen) atoms. The first-order chi connectivity index (χ1) is 9.69. The Morgan fingerprint density at radius 1 is 1.35 bits per heavy atom. The molecular formula is C15H15FO3S. The number of methoxy groups -OCH3 is 1. The van der Waals surface area contributed by atoms with Crippen LogP contribution in [-0.2, 0) is 16.0 Å². The summed E-state index contributed by atoms with van der Waals surface area (Å²) in [4.78, 5) is 12.8. The maximum absolute atomic E-state index is 13.1. The molecule has 2 rings (SSSR count). The van der Waals surface area contributed by atoms with E-state index in [-0.39, 0.29) is 18.4 Å². The Hall–Kier alpha value is -1.88. The summed E-state index contributed by atoms with van der Waals surface area (Å²) in [6.45, 7) is 0.161. The van der Waals surface area contributed by atoms with Crippen molar-refractivity contribution in [3.8, 4) is 5.75 Å². The van der Waals surface area contributed by atoms with Gasteiger partial charge in [0, 0.05) is 10.9 Å². The van der Waals surface area contributed by atoms with Crippen LogP contribution in [0.3, 0.4) is 0 Å². The largest absolute Gasteiger partial charge is 0.493 e. The highest BCUT2D eigenvalue weighted by atomic mass is 32.1. The number of carbonyl (C=O) groups excluding carboxylic acids is 1. The molecule has 0 amide bonds. The molecule has 1 heterocycles. The summed E-state index contributed by atoms with van der Waals surface area (Å²) >= 11 is 1.58. The first-order valence-electron chi connectivity index (χ1n) is 6.17. The standard InChI is InChI=1S/C15H15FO3S/c1-18-15(17)11(8-14-6-3-7-20-14)10-19-13-5-2-4-12(16)9-13/h2-7,9,11H,8,10H2,1H3. The molecule has 5 heteroatoms. The molecule has 0 aliphatic rings. The van der Waals surface area contributed by atoms with Gasteiger partial charge in [-0.2, -0.15) is 0 Å². The zero-order valence-corrected chi connectivity index (χ0v) is 11.9. The van der Waals surface area contributed by atoms with Gasteiger partial charge in [0.1, 0.15) is 18.2 Å². The van der Waals surface area contributed by atoms with E-state index in [2.05, 4.69) is 0 Å². The molecule has 1 atom stereocenters. The van der Waals surface area contributed by atoms with Crippen LogP contribution in [0.5, 0.6) is 5.75 Å². The van der Waals surface area contributed by atoms with Gasteiger partial charge in [0.25, 0.3) is 0 Å². The predicted molar refractivity (Wildman–Crippen MR) is 75.4 cm³/mol. The molecule has 1 aromatic carbocycles. The van der Waals surface area contributed by atoms with Gasteiger partial charge in [-0.15, -0.1) is 11.3 Å². The first kappa shape index (κ1) is 14.5. The van der Waals surface area contributed by atoms with Gasteiger partial charge < -0.3 is 9.47 Å². The second-order valence-corrected chi connectivity index (χ2v) is 5.30. The van der Waals surface area contributed by atoms with E-state index in [4.69, 9.17) is 9.47 Å². The Balaban J connectivity index is 1.99. The summed E-state index contributed by atoms with van der Waals surface area (Å²) in [7, 11) is 1.35. The molecule has 0 aliphatic carbocycles. The third-order valence-electron chi connectivity index (χ3n) is 2.81. The maximum atomic E-state index is 13.1. The fraction of sp³-hybridized carbons (Fsp3) is 0.267. The minimum absolute atomic E-state index is 0.161. The molecule has 3 nitrogen and oxygen atoms in total. The van der Waals surface area contributed by atoms with Gasteiger partial charge in [-0.05, 0) is 30.0 Å². The van der Waals surface area contributed by atoms with Crippen molar-refractivity contribution in [3.05, 3.63) is 52.5 Å². The van der Waals surface area contributed by atoms with Crippen LogP contribution in [0.25, 0.3) is 0 Å². The highest BCUT2D eigenvalue weighted by molar-refractivity contribution is 7.09. The molecule has 0 saturated heterocycles. The molecule has 2 aromatic rings. The lowest BCUT2D eigenvalue weighted by molar-refractivity contribution is -0.146. The summed E-state index contributed by atoms with van der Waals surface area (Å²) in [6, 6.07) is 9.75. The number of hydrogen-bond donors (Lipinski definition) is 0. The molecule has 0 aliphatic heterocycles. The number of hydrogen-bond acceptors (Lipinski definition) is 4. The average molecular weight is 294 g/mol. The van der Waals surface area contributed by atoms with Crippen molar-refractivity contribution in [2.45, 2.75) is 6.42 Å². The maximum Gasteiger partial charge on any atom is 0.312 e. The monoisotopic (exact) mass is 294 g/mol. The van der Waals surface area contributed by atoms with E-state index in [9.17, 15) is 9.18 Å². The number of esters is 1. The lowest BCUT2D eigenvalue weighted by Gasteiger charge is -2.15. The van der Waals surface area contributed by atoms with Crippen molar-refractivity contribution in [2.24, 2.45) is 5.92 Å². The molecule has 0 fully saturated rings. The Labute approximate surface area is 121 Å². The SMILES string of the molecule is COC(=O)C(COc1cccc(F)c1)Cc1cccs1. The molecular weight excluding hydrogens is 279 g/mol. The summed E-state index contributed by atoms with van der Waals surface area (Å²) < 4.78 is 23.3. The van der Waals surface area contributed by atoms with Crippen molar-refractivity contribution in [1.82, 2.24) is 0 Å². The van der Waals surface area contributed by atoms with Crippen molar-refractivity contribution < 1.29 is 18.7 Å². The lowest BCUT2D eigenvalue weighted by atomic mass is 10.1. The molecule has 0 spiro atoms. The zero-order chi connectivity index (χ0) is 14.4. The Morgan fingerprint density at radius 2 is 2.20 bits per heavy atom. The topological polar surface area (TPSA) is 35.5 Å². The van der Waals surface area contributed by atoms with Crippen LogP contribution < -0.4 is 4.74 Å². The Kier molecular flexibility index (Phi) is 5.12. The van der Waals surface area contributed by atoms with Crippen LogP contribution in [0.1, 0.15) is 4.88 Å². The highest BCUT2D eigenvalue weighted by Gasteiger charge is 2.21. The van der Waals surface area contributed by atoms with Gasteiger partial charge in [-0.25, -0.2) is 4.39 Å². The molecule has 0 bridgehead atoms. The van der Waals surface area contributed by atoms with E-state index in [0.29, 0.717) is 12.2 Å². The number of carbonyl (C=O) groups is 1. The van der Waals surface area contributed by atoms with Gasteiger partial charge in [-0.1, -0.05) is 12.1 Å². The lowest BCUT2D eigenvalue weighted by Crippen LogP contribution is -2.25. The Bertz CT molecular complexity index is 554. The third kappa shape index (κ3) is 4.06. The van der Waals surface area contributed by atoms with E-state index in [1.54, 1.807) is 23.5 Å². The third-order valence-corrected chi connectivity index (χ3v) is 3.71. The minimum Gasteiger partial charge on any atom is -0.493 e. The highest BCUT2D eigenvalue weighted by Crippen LogP contribution is 2.18. The zero-order valence-electron chi connectivity index (χ0n) is 11.0. The average Bonchev–Trinajstić information content (AvgIpc) is 2.95. The van der Waals surface area contributed by atoms with Crippen molar-refractivity contribution in [2.75, 3.05) is 13.7 Å². The van der Waals surface area contributed by atoms with Crippen LogP contribution in [0, 0.1) is 11.7 Å². The fourth-order valence-electron chi connectivity index (χ4n) is 1.80. The summed E-state index contributed by atoms with van der Waals surface area (Å²) in [5.41, 5.74) is 0. The quantitative estimate of drug-likeness (QED) is 0.767. The molecule has 1 aromatic heterocycles. The molecule has 0 N–H and O–H groups in total. The van der Waals surface area contributed by atoms with E-state index < -0.39 is 5.92 Å². The van der Waals surface area contributed by atoms with Gasteiger partial charge >= 0.3 is 5.97 Å². The van der Waals surface area contributed by atoms with E-state index in [1.165, 1.54) is 19.2 Å². The normalized spacial score (nSPS) is 11.9. The van der Waals surface area contributed by atoms with E-state index >= 15 is 0 Å². The number of thiophene rings is 1. The second kappa shape index (κ2) is 7.05. The number of rotatable bonds is 6. The van der Waals surface area contributed by atoms with Crippen LogP contribution >= 0.6 is 11.3 Å². The molecule has 1 unspecified atom stereocenters. The fourth-order valence-corrected chi connectivity index (χ4v) is 2.59. The van der Waals surface area contributed by atoms with E-state index in [1.807, 2.05) is 17.5 Å². The van der Waals surface area contributed by atoms with Crippen LogP contribution in [-0.4, -0.2) is 19.7 Å². The summed E-state index contributed by atoms with van der Waals surface area (Å²) in [5.74, 6) is -0.683. The smallest absolute Gasteiger partial charge is 0.312 e. The molecule has 0 radical (unpaired) electrons. The van der Waals surface area contributed by atoms with Crippen LogP contribution in [0.15, 0.2) is 41.8 Å². The second-order valence-electron chi connectivity index (χ2n) is 4.27. The van der Waals surface area contributed by atoms with Crippen molar-refractivity contribution in [3.63, 3.8) is 0 Å². The van der Waals surface area contributed by atoms with Crippen LogP contribution in [0.2, 0.25) is 0 Å². The molecule has 106 valence electrons. The Morgan fingerprint density at radius 3 is 2.85 bits per heavy atom. The van der Waals surface area contributed by atoms with Crippen molar-refractivity contribution >= 4 is 17.3 Å². The van der Waals surface area contributed by atoms with Crippen LogP contribution in [0.4, 0.5) is 4.39 Å². The number of ether oxygens (including phenoxy) is 2. The minimum atomic E-state index is -0.401. The predicted octanol–water partition coefficient (Wildman–Crippen LogP) is 3.30. The van der Waals surface area contributed by atoms with Gasteiger partial charge in [0.15, 0.2) is 0 Å². The van der Waals surface area contributed by atoms with Gasteiger partial charge in [0.2, 0.25) is 0 Å².